The number of rotatable bonds is 8. The van der Waals surface area contributed by atoms with Crippen molar-refractivity contribution in [1.82, 2.24) is 0 Å². The van der Waals surface area contributed by atoms with E-state index in [1.807, 2.05) is 0 Å². The van der Waals surface area contributed by atoms with Crippen LogP contribution in [-0.2, 0) is 4.84 Å². The minimum absolute atomic E-state index is 0.0608. The third-order valence-corrected chi connectivity index (χ3v) is 4.00. The van der Waals surface area contributed by atoms with Crippen LogP contribution in [0, 0.1) is 10.1 Å². The van der Waals surface area contributed by atoms with Gasteiger partial charge in [0, 0.05) is 22.3 Å². The molecule has 23 heavy (non-hydrogen) atoms. The third-order valence-electron chi connectivity index (χ3n) is 4.00. The van der Waals surface area contributed by atoms with Gasteiger partial charge in [-0.25, -0.2) is 0 Å². The highest BCUT2D eigenvalue weighted by atomic mass is 16.9. The van der Waals surface area contributed by atoms with Crippen LogP contribution in [0.15, 0.2) is 35.4 Å². The van der Waals surface area contributed by atoms with Crippen LogP contribution in [0.25, 0.3) is 0 Å². The van der Waals surface area contributed by atoms with Gasteiger partial charge in [0.1, 0.15) is 0 Å². The number of allylic oxidation sites excluding steroid dienone is 2. The van der Waals surface area contributed by atoms with Crippen LogP contribution in [0.5, 0.6) is 0 Å². The molecule has 0 amide bonds. The Morgan fingerprint density at radius 3 is 2.26 bits per heavy atom. The molecular formula is C17H19NO5. The van der Waals surface area contributed by atoms with Crippen LogP contribution < -0.4 is 0 Å². The predicted molar refractivity (Wildman–Crippen MR) is 83.8 cm³/mol. The standard InChI is InChI=1S/C17H19NO5/c1-12-13(8-4-2-3-7-11-23-18(21)22)17(20)15-10-6-5-9-14(15)16(12)19/h5-6,9-10H,2-4,7-8,11H2,1H3. The van der Waals surface area contributed by atoms with E-state index in [1.54, 1.807) is 31.2 Å². The summed E-state index contributed by atoms with van der Waals surface area (Å²) >= 11 is 0. The summed E-state index contributed by atoms with van der Waals surface area (Å²) in [5.41, 5.74) is 2.09. The van der Waals surface area contributed by atoms with E-state index in [2.05, 4.69) is 4.84 Å². The summed E-state index contributed by atoms with van der Waals surface area (Å²) in [6, 6.07) is 6.90. The van der Waals surface area contributed by atoms with Gasteiger partial charge in [-0.2, -0.15) is 0 Å². The highest BCUT2D eigenvalue weighted by molar-refractivity contribution is 6.26. The smallest absolute Gasteiger partial charge is 0.294 e. The Balaban J connectivity index is 1.88. The number of hydrogen-bond donors (Lipinski definition) is 0. The van der Waals surface area contributed by atoms with E-state index in [0.717, 1.165) is 19.3 Å². The normalized spacial score (nSPS) is 14.0. The number of Topliss-reactive ketones (excluding diaryl/α,β-unsaturated/α-hetero) is 2. The third kappa shape index (κ3) is 4.03. The van der Waals surface area contributed by atoms with E-state index in [9.17, 15) is 19.7 Å². The first-order valence-electron chi connectivity index (χ1n) is 7.68. The first-order valence-corrected chi connectivity index (χ1v) is 7.68. The average Bonchev–Trinajstić information content (AvgIpc) is 2.54. The maximum Gasteiger partial charge on any atom is 0.294 e. The Hall–Kier alpha value is -2.50. The van der Waals surface area contributed by atoms with Crippen LogP contribution in [0.1, 0.15) is 59.7 Å². The van der Waals surface area contributed by atoms with E-state index in [0.29, 0.717) is 35.1 Å². The van der Waals surface area contributed by atoms with Crippen molar-refractivity contribution in [3.8, 4) is 0 Å². The van der Waals surface area contributed by atoms with Gasteiger partial charge in [0.05, 0.1) is 6.61 Å². The Kier molecular flexibility index (Phi) is 5.62. The van der Waals surface area contributed by atoms with Crippen molar-refractivity contribution in [1.29, 1.82) is 0 Å². The predicted octanol–water partition coefficient (Wildman–Crippen LogP) is 3.54. The molecule has 122 valence electrons. The summed E-state index contributed by atoms with van der Waals surface area (Å²) in [6.45, 7) is 1.80. The highest BCUT2D eigenvalue weighted by Crippen LogP contribution is 2.29. The van der Waals surface area contributed by atoms with Gasteiger partial charge in [0.25, 0.3) is 5.09 Å². The van der Waals surface area contributed by atoms with Gasteiger partial charge in [0.15, 0.2) is 11.6 Å². The molecule has 0 unspecified atom stereocenters. The lowest BCUT2D eigenvalue weighted by Gasteiger charge is -2.18. The largest absolute Gasteiger partial charge is 0.314 e. The zero-order valence-electron chi connectivity index (χ0n) is 13.0. The molecule has 0 heterocycles. The molecule has 0 saturated carbocycles. The molecule has 0 aromatic heterocycles. The molecular weight excluding hydrogens is 298 g/mol. The van der Waals surface area contributed by atoms with Crippen LogP contribution >= 0.6 is 0 Å². The van der Waals surface area contributed by atoms with E-state index >= 15 is 0 Å². The summed E-state index contributed by atoms with van der Waals surface area (Å²) in [4.78, 5) is 39.1. The maximum atomic E-state index is 12.5. The molecule has 1 aliphatic rings. The van der Waals surface area contributed by atoms with Gasteiger partial charge in [-0.05, 0) is 26.2 Å². The Morgan fingerprint density at radius 2 is 1.61 bits per heavy atom. The van der Waals surface area contributed by atoms with Crippen molar-refractivity contribution in [3.63, 3.8) is 0 Å². The zero-order chi connectivity index (χ0) is 16.8. The second-order valence-electron chi connectivity index (χ2n) is 5.53. The van der Waals surface area contributed by atoms with Crippen molar-refractivity contribution in [2.24, 2.45) is 0 Å². The molecule has 0 radical (unpaired) electrons. The van der Waals surface area contributed by atoms with E-state index in [4.69, 9.17) is 0 Å². The molecule has 6 heteroatoms. The zero-order valence-corrected chi connectivity index (χ0v) is 13.0. The average molecular weight is 317 g/mol. The van der Waals surface area contributed by atoms with Crippen molar-refractivity contribution in [2.75, 3.05) is 6.61 Å². The van der Waals surface area contributed by atoms with E-state index < -0.39 is 5.09 Å². The van der Waals surface area contributed by atoms with Crippen LogP contribution in [0.3, 0.4) is 0 Å². The number of nitrogens with zero attached hydrogens (tertiary/aromatic N) is 1. The molecule has 6 nitrogen and oxygen atoms in total. The van der Waals surface area contributed by atoms with Gasteiger partial charge in [0.2, 0.25) is 0 Å². The van der Waals surface area contributed by atoms with Gasteiger partial charge in [-0.1, -0.05) is 37.1 Å². The monoisotopic (exact) mass is 317 g/mol. The fraction of sp³-hybridized carbons (Fsp3) is 0.412. The quantitative estimate of drug-likeness (QED) is 0.416. The Labute approximate surface area is 134 Å². The fourth-order valence-corrected chi connectivity index (χ4v) is 2.75. The summed E-state index contributed by atoms with van der Waals surface area (Å²) in [7, 11) is 0. The minimum atomic E-state index is -0.794. The molecule has 0 N–H and O–H groups in total. The molecule has 1 aromatic rings. The molecule has 2 rings (SSSR count). The summed E-state index contributed by atoms with van der Waals surface area (Å²) < 4.78 is 0. The van der Waals surface area contributed by atoms with Gasteiger partial charge in [-0.15, -0.1) is 10.1 Å². The lowest BCUT2D eigenvalue weighted by Crippen LogP contribution is -2.20. The number of benzene rings is 1. The fourth-order valence-electron chi connectivity index (χ4n) is 2.75. The Morgan fingerprint density at radius 1 is 1.00 bits per heavy atom. The van der Waals surface area contributed by atoms with Crippen molar-refractivity contribution < 1.29 is 19.5 Å². The summed E-state index contributed by atoms with van der Waals surface area (Å²) in [6.07, 6.45) is 3.56. The molecule has 1 aromatic carbocycles. The van der Waals surface area contributed by atoms with E-state index in [-0.39, 0.29) is 18.2 Å². The topological polar surface area (TPSA) is 86.5 Å². The number of ketones is 2. The lowest BCUT2D eigenvalue weighted by molar-refractivity contribution is -0.757. The van der Waals surface area contributed by atoms with Crippen LogP contribution in [-0.4, -0.2) is 23.3 Å². The second kappa shape index (κ2) is 7.67. The molecule has 0 fully saturated rings. The molecule has 0 bridgehead atoms. The summed E-state index contributed by atoms with van der Waals surface area (Å²) in [5.74, 6) is -0.135. The number of hydrogen-bond acceptors (Lipinski definition) is 5. The number of carbonyl (C=O) groups is 2. The molecule has 0 aliphatic heterocycles. The van der Waals surface area contributed by atoms with Crippen LogP contribution in [0.2, 0.25) is 0 Å². The van der Waals surface area contributed by atoms with Gasteiger partial charge < -0.3 is 4.84 Å². The number of fused-ring (bicyclic) bond motifs is 1. The van der Waals surface area contributed by atoms with Crippen molar-refractivity contribution in [2.45, 2.75) is 39.0 Å². The second-order valence-corrected chi connectivity index (χ2v) is 5.53. The SMILES string of the molecule is CC1=C(CCCCCCO[N+](=O)[O-])C(=O)c2ccccc2C1=O. The molecule has 1 aliphatic carbocycles. The molecule has 0 saturated heterocycles. The van der Waals surface area contributed by atoms with Crippen molar-refractivity contribution in [3.05, 3.63) is 56.7 Å². The molecule has 0 atom stereocenters. The van der Waals surface area contributed by atoms with Crippen LogP contribution in [0.4, 0.5) is 0 Å². The van der Waals surface area contributed by atoms with Gasteiger partial charge >= 0.3 is 0 Å². The number of unbranched alkanes of at least 4 members (excludes halogenated alkanes) is 3. The summed E-state index contributed by atoms with van der Waals surface area (Å²) in [5, 5.41) is 9.21. The minimum Gasteiger partial charge on any atom is -0.314 e. The lowest BCUT2D eigenvalue weighted by atomic mass is 9.83. The van der Waals surface area contributed by atoms with Crippen molar-refractivity contribution >= 4 is 11.6 Å². The first kappa shape index (κ1) is 16.9. The molecule has 0 spiro atoms. The van der Waals surface area contributed by atoms with E-state index in [1.165, 1.54) is 0 Å². The highest BCUT2D eigenvalue weighted by Gasteiger charge is 2.28. The number of carbonyl (C=O) groups excluding carboxylic acids is 2. The first-order chi connectivity index (χ1) is 11.0. The Bertz CT molecular complexity index is 663. The maximum absolute atomic E-state index is 12.5. The van der Waals surface area contributed by atoms with Gasteiger partial charge in [-0.3, -0.25) is 9.59 Å².